The van der Waals surface area contributed by atoms with Crippen molar-refractivity contribution in [1.29, 1.82) is 0 Å². The second-order valence-corrected chi connectivity index (χ2v) is 12.6. The Morgan fingerprint density at radius 2 is 2.16 bits per heavy atom. The Labute approximate surface area is 122 Å². The van der Waals surface area contributed by atoms with Gasteiger partial charge in [-0.25, -0.2) is 0 Å². The highest BCUT2D eigenvalue weighted by Crippen LogP contribution is 2.38. The summed E-state index contributed by atoms with van der Waals surface area (Å²) in [6.07, 6.45) is 2.31. The fourth-order valence-corrected chi connectivity index (χ4v) is 4.08. The van der Waals surface area contributed by atoms with Crippen LogP contribution < -0.4 is 0 Å². The van der Waals surface area contributed by atoms with Crippen molar-refractivity contribution in [2.75, 3.05) is 13.2 Å². The van der Waals surface area contributed by atoms with Crippen molar-refractivity contribution in [1.82, 2.24) is 0 Å². The van der Waals surface area contributed by atoms with Crippen molar-refractivity contribution < 1.29 is 9.16 Å². The van der Waals surface area contributed by atoms with Gasteiger partial charge < -0.3 is 9.16 Å². The molecule has 1 aromatic rings. The summed E-state index contributed by atoms with van der Waals surface area (Å²) >= 11 is 1.86. The first-order valence-electron chi connectivity index (χ1n) is 7.13. The van der Waals surface area contributed by atoms with Crippen LogP contribution in [0.15, 0.2) is 11.4 Å². The van der Waals surface area contributed by atoms with Crippen molar-refractivity contribution in [3.63, 3.8) is 0 Å². The normalized spacial score (nSPS) is 20.4. The molecule has 0 saturated carbocycles. The highest BCUT2D eigenvalue weighted by Gasteiger charge is 2.37. The molecule has 1 unspecified atom stereocenters. The predicted molar refractivity (Wildman–Crippen MR) is 84.5 cm³/mol. The van der Waals surface area contributed by atoms with Gasteiger partial charge in [-0.3, -0.25) is 0 Å². The standard InChI is InChI=1S/C15H26O2SSi/c1-15(2,3)19(4,5)17-10-6-13-12-8-11-18-14(12)7-9-16-13/h8,11,13H,6-7,9-10H2,1-5H3. The molecule has 1 aromatic heterocycles. The van der Waals surface area contributed by atoms with Crippen LogP contribution in [0.5, 0.6) is 0 Å². The van der Waals surface area contributed by atoms with E-state index in [2.05, 4.69) is 45.3 Å². The molecule has 108 valence electrons. The monoisotopic (exact) mass is 298 g/mol. The fourth-order valence-electron chi connectivity index (χ4n) is 2.10. The highest BCUT2D eigenvalue weighted by atomic mass is 32.1. The van der Waals surface area contributed by atoms with E-state index in [1.54, 1.807) is 0 Å². The molecule has 0 spiro atoms. The van der Waals surface area contributed by atoms with E-state index in [4.69, 9.17) is 9.16 Å². The molecule has 2 nitrogen and oxygen atoms in total. The van der Waals surface area contributed by atoms with Crippen molar-refractivity contribution in [2.45, 2.75) is 57.8 Å². The van der Waals surface area contributed by atoms with E-state index >= 15 is 0 Å². The van der Waals surface area contributed by atoms with Gasteiger partial charge in [0.1, 0.15) is 0 Å². The lowest BCUT2D eigenvalue weighted by molar-refractivity contribution is 0.0276. The van der Waals surface area contributed by atoms with Gasteiger partial charge in [-0.1, -0.05) is 20.8 Å². The first-order valence-corrected chi connectivity index (χ1v) is 10.9. The molecule has 0 radical (unpaired) electrons. The first kappa shape index (κ1) is 15.2. The van der Waals surface area contributed by atoms with Crippen LogP contribution in [0.3, 0.4) is 0 Å². The van der Waals surface area contributed by atoms with Gasteiger partial charge in [0.2, 0.25) is 0 Å². The van der Waals surface area contributed by atoms with E-state index < -0.39 is 8.32 Å². The zero-order valence-electron chi connectivity index (χ0n) is 12.8. The molecule has 0 amide bonds. The maximum absolute atomic E-state index is 6.25. The summed E-state index contributed by atoms with van der Waals surface area (Å²) < 4.78 is 12.2. The summed E-state index contributed by atoms with van der Waals surface area (Å²) in [7, 11) is -1.62. The molecule has 1 atom stereocenters. The van der Waals surface area contributed by atoms with Crippen molar-refractivity contribution >= 4 is 19.7 Å². The summed E-state index contributed by atoms with van der Waals surface area (Å²) in [4.78, 5) is 1.50. The Morgan fingerprint density at radius 3 is 2.84 bits per heavy atom. The maximum Gasteiger partial charge on any atom is 0.191 e. The number of hydrogen-bond acceptors (Lipinski definition) is 3. The Bertz CT molecular complexity index is 420. The van der Waals surface area contributed by atoms with Gasteiger partial charge in [-0.15, -0.1) is 11.3 Å². The summed E-state index contributed by atoms with van der Waals surface area (Å²) in [5.41, 5.74) is 1.40. The lowest BCUT2D eigenvalue weighted by Gasteiger charge is -2.36. The van der Waals surface area contributed by atoms with Crippen molar-refractivity contribution in [3.05, 3.63) is 21.9 Å². The van der Waals surface area contributed by atoms with Crippen LogP contribution in [0.2, 0.25) is 18.1 Å². The van der Waals surface area contributed by atoms with E-state index in [9.17, 15) is 0 Å². The Balaban J connectivity index is 1.88. The fraction of sp³-hybridized carbons (Fsp3) is 0.733. The number of ether oxygens (including phenoxy) is 1. The topological polar surface area (TPSA) is 18.5 Å². The predicted octanol–water partition coefficient (Wildman–Crippen LogP) is 4.77. The average Bonchev–Trinajstić information content (AvgIpc) is 2.76. The lowest BCUT2D eigenvalue weighted by atomic mass is 10.0. The second-order valence-electron chi connectivity index (χ2n) is 6.81. The summed E-state index contributed by atoms with van der Waals surface area (Å²) in [5, 5.41) is 2.47. The number of rotatable bonds is 4. The van der Waals surface area contributed by atoms with Gasteiger partial charge >= 0.3 is 0 Å². The van der Waals surface area contributed by atoms with Crippen LogP contribution in [-0.2, 0) is 15.6 Å². The molecule has 1 aliphatic rings. The largest absolute Gasteiger partial charge is 0.417 e. The summed E-state index contributed by atoms with van der Waals surface area (Å²) in [5.74, 6) is 0. The first-order chi connectivity index (χ1) is 8.81. The molecular formula is C15H26O2SSi. The summed E-state index contributed by atoms with van der Waals surface area (Å²) in [6, 6.07) is 2.22. The molecule has 0 N–H and O–H groups in total. The van der Waals surface area contributed by atoms with E-state index in [0.29, 0.717) is 0 Å². The molecule has 2 heterocycles. The average molecular weight is 299 g/mol. The molecule has 2 rings (SSSR count). The Kier molecular flexibility index (Phi) is 4.55. The molecule has 1 aliphatic heterocycles. The molecule has 19 heavy (non-hydrogen) atoms. The third kappa shape index (κ3) is 3.48. The van der Waals surface area contributed by atoms with Crippen LogP contribution in [0.25, 0.3) is 0 Å². The maximum atomic E-state index is 6.25. The van der Waals surface area contributed by atoms with E-state index in [-0.39, 0.29) is 11.1 Å². The number of thiophene rings is 1. The Morgan fingerprint density at radius 1 is 1.42 bits per heavy atom. The van der Waals surface area contributed by atoms with Crippen LogP contribution in [0, 0.1) is 0 Å². The molecule has 0 bridgehead atoms. The summed E-state index contributed by atoms with van der Waals surface area (Å²) in [6.45, 7) is 13.2. The minimum atomic E-state index is -1.62. The smallest absolute Gasteiger partial charge is 0.191 e. The van der Waals surface area contributed by atoms with Crippen LogP contribution in [-0.4, -0.2) is 21.5 Å². The molecular weight excluding hydrogens is 272 g/mol. The third-order valence-corrected chi connectivity index (χ3v) is 9.96. The van der Waals surface area contributed by atoms with Gasteiger partial charge in [0.25, 0.3) is 0 Å². The van der Waals surface area contributed by atoms with E-state index in [0.717, 1.165) is 26.1 Å². The quantitative estimate of drug-likeness (QED) is 0.745. The lowest BCUT2D eigenvalue weighted by Crippen LogP contribution is -2.41. The van der Waals surface area contributed by atoms with Crippen LogP contribution >= 0.6 is 11.3 Å². The zero-order valence-corrected chi connectivity index (χ0v) is 14.6. The van der Waals surface area contributed by atoms with Gasteiger partial charge in [-0.2, -0.15) is 0 Å². The van der Waals surface area contributed by atoms with E-state index in [1.807, 2.05) is 11.3 Å². The van der Waals surface area contributed by atoms with Crippen LogP contribution in [0.1, 0.15) is 43.7 Å². The second kappa shape index (κ2) is 5.68. The minimum absolute atomic E-state index is 0.250. The number of fused-ring (bicyclic) bond motifs is 1. The molecule has 0 aliphatic carbocycles. The highest BCUT2D eigenvalue weighted by molar-refractivity contribution is 7.10. The molecule has 4 heteroatoms. The molecule has 0 fully saturated rings. The number of hydrogen-bond donors (Lipinski definition) is 0. The SMILES string of the molecule is CC(C)(C)[Si](C)(C)OCCC1OCCc2sccc21. The van der Waals surface area contributed by atoms with Crippen molar-refractivity contribution in [3.8, 4) is 0 Å². The zero-order chi connectivity index (χ0) is 14.1. The third-order valence-electron chi connectivity index (χ3n) is 4.42. The van der Waals surface area contributed by atoms with Gasteiger partial charge in [-0.05, 0) is 41.6 Å². The van der Waals surface area contributed by atoms with Crippen LogP contribution in [0.4, 0.5) is 0 Å². The molecule has 0 saturated heterocycles. The van der Waals surface area contributed by atoms with Gasteiger partial charge in [0, 0.05) is 17.9 Å². The Hall–Kier alpha value is -0.163. The van der Waals surface area contributed by atoms with Gasteiger partial charge in [0.05, 0.1) is 12.7 Å². The van der Waals surface area contributed by atoms with E-state index in [1.165, 1.54) is 10.4 Å². The van der Waals surface area contributed by atoms with Crippen molar-refractivity contribution in [2.24, 2.45) is 0 Å². The minimum Gasteiger partial charge on any atom is -0.417 e. The molecule has 0 aromatic carbocycles. The van der Waals surface area contributed by atoms with Gasteiger partial charge in [0.15, 0.2) is 8.32 Å².